The molecule has 42 heavy (non-hydrogen) atoms. The quantitative estimate of drug-likeness (QED) is 0.162. The molecule has 4 rings (SSSR count). The number of halogens is 1. The van der Waals surface area contributed by atoms with Gasteiger partial charge in [0.1, 0.15) is 24.2 Å². The largest absolute Gasteiger partial charge is 0.489 e. The van der Waals surface area contributed by atoms with E-state index in [1.165, 1.54) is 0 Å². The summed E-state index contributed by atoms with van der Waals surface area (Å²) >= 11 is 0. The van der Waals surface area contributed by atoms with Crippen LogP contribution in [-0.2, 0) is 22.6 Å². The number of hydrogen-bond acceptors (Lipinski definition) is 5. The van der Waals surface area contributed by atoms with E-state index >= 15 is 0 Å². The Morgan fingerprint density at radius 3 is 2.43 bits per heavy atom. The van der Waals surface area contributed by atoms with Gasteiger partial charge in [-0.15, -0.1) is 0 Å². The highest BCUT2D eigenvalue weighted by atomic mass is 19.1. The summed E-state index contributed by atoms with van der Waals surface area (Å²) in [5, 5.41) is 0.389. The van der Waals surface area contributed by atoms with E-state index < -0.39 is 5.82 Å². The molecule has 4 aromatic rings. The monoisotopic (exact) mass is 573 g/mol. The number of benzene rings is 3. The van der Waals surface area contributed by atoms with Gasteiger partial charge in [0.25, 0.3) is 0 Å². The molecule has 5 nitrogen and oxygen atoms in total. The molecule has 0 amide bonds. The molecular weight excluding hydrogens is 529 g/mol. The average molecular weight is 574 g/mol. The third-order valence-electron chi connectivity index (χ3n) is 9.05. The lowest BCUT2D eigenvalue weighted by Crippen LogP contribution is -2.36. The summed E-state index contributed by atoms with van der Waals surface area (Å²) in [6.45, 7) is 13.6. The van der Waals surface area contributed by atoms with Gasteiger partial charge in [-0.3, -0.25) is 4.79 Å². The summed E-state index contributed by atoms with van der Waals surface area (Å²) in [5.41, 5.74) is 10.9. The van der Waals surface area contributed by atoms with Gasteiger partial charge in [-0.25, -0.2) is 4.39 Å². The zero-order valence-corrected chi connectivity index (χ0v) is 25.7. The molecule has 0 spiro atoms. The van der Waals surface area contributed by atoms with Crippen molar-refractivity contribution in [2.75, 3.05) is 6.61 Å². The molecule has 0 saturated carbocycles. The Balaban J connectivity index is 1.50. The van der Waals surface area contributed by atoms with E-state index in [1.54, 1.807) is 6.07 Å². The smallest absolute Gasteiger partial charge is 0.310 e. The normalized spacial score (nSPS) is 13.4. The molecule has 3 aromatic carbocycles. The minimum atomic E-state index is -0.429. The predicted molar refractivity (Wildman–Crippen MR) is 167 cm³/mol. The van der Waals surface area contributed by atoms with Gasteiger partial charge in [-0.1, -0.05) is 71.0 Å². The number of ether oxygens (including phenoxy) is 2. The fraction of sp³-hybridized carbons (Fsp3) is 0.417. The zero-order chi connectivity index (χ0) is 30.4. The summed E-state index contributed by atoms with van der Waals surface area (Å²) < 4.78 is 32.3. The molecule has 0 fully saturated rings. The number of para-hydroxylation sites is 1. The second-order valence-corrected chi connectivity index (χ2v) is 11.8. The highest BCUT2D eigenvalue weighted by Crippen LogP contribution is 2.42. The number of hydrogen-bond donors (Lipinski definition) is 1. The molecule has 1 unspecified atom stereocenters. The van der Waals surface area contributed by atoms with Crippen molar-refractivity contribution in [1.29, 1.82) is 0 Å². The van der Waals surface area contributed by atoms with Crippen LogP contribution in [0.3, 0.4) is 0 Å². The van der Waals surface area contributed by atoms with Crippen molar-refractivity contribution in [2.45, 2.75) is 73.5 Å². The second kappa shape index (κ2) is 13.6. The fourth-order valence-corrected chi connectivity index (χ4v) is 6.33. The van der Waals surface area contributed by atoms with Gasteiger partial charge in [0, 0.05) is 17.2 Å². The highest BCUT2D eigenvalue weighted by Gasteiger charge is 2.36. The van der Waals surface area contributed by atoms with Gasteiger partial charge in [0.05, 0.1) is 18.4 Å². The Kier molecular flexibility index (Phi) is 10.1. The number of rotatable bonds is 13. The van der Waals surface area contributed by atoms with Crippen molar-refractivity contribution in [3.05, 3.63) is 89.4 Å². The van der Waals surface area contributed by atoms with Crippen LogP contribution in [0, 0.1) is 23.1 Å². The van der Waals surface area contributed by atoms with Gasteiger partial charge in [0.15, 0.2) is 5.82 Å². The van der Waals surface area contributed by atoms with Crippen LogP contribution in [0.25, 0.3) is 22.1 Å². The number of carbonyl (C=O) groups is 1. The molecule has 0 saturated heterocycles. The summed E-state index contributed by atoms with van der Waals surface area (Å²) in [6.07, 6.45) is 3.33. The van der Waals surface area contributed by atoms with Gasteiger partial charge in [-0.05, 0) is 78.0 Å². The Morgan fingerprint density at radius 1 is 1.00 bits per heavy atom. The maximum absolute atomic E-state index is 14.7. The van der Waals surface area contributed by atoms with Crippen LogP contribution >= 0.6 is 0 Å². The first-order chi connectivity index (χ1) is 20.1. The van der Waals surface area contributed by atoms with E-state index in [1.807, 2.05) is 61.5 Å². The highest BCUT2D eigenvalue weighted by molar-refractivity contribution is 5.93. The van der Waals surface area contributed by atoms with Crippen LogP contribution in [0.1, 0.15) is 77.1 Å². The molecular formula is C36H44FNO4. The van der Waals surface area contributed by atoms with Gasteiger partial charge >= 0.3 is 5.97 Å². The first kappa shape index (κ1) is 31.3. The first-order valence-corrected chi connectivity index (χ1v) is 15.0. The van der Waals surface area contributed by atoms with E-state index in [4.69, 9.17) is 19.6 Å². The Hall–Kier alpha value is -3.64. The lowest BCUT2D eigenvalue weighted by molar-refractivity contribution is -0.146. The van der Waals surface area contributed by atoms with Crippen molar-refractivity contribution < 1.29 is 23.1 Å². The van der Waals surface area contributed by atoms with Crippen molar-refractivity contribution in [3.63, 3.8) is 0 Å². The SMILES string of the molecule is CCC(CC)(C(C)C)C(C)COC(=O)Cc1ccccc1OCc1cc(-c2cccc([C@H](C)N)c2)c2occ(F)c2c1. The molecule has 0 aliphatic carbocycles. The zero-order valence-electron chi connectivity index (χ0n) is 25.7. The standard InChI is InChI=1S/C36H44FNO4/c1-7-36(8-2,23(3)4)24(5)20-41-34(39)19-29-12-9-10-15-33(29)40-21-26-16-30(35-31(17-26)32(37)22-42-35)28-14-11-13-27(18-28)25(6)38/h9-18,22-25H,7-8,19-21,38H2,1-6H3/t24?,25-/m0/s1. The summed E-state index contributed by atoms with van der Waals surface area (Å²) in [7, 11) is 0. The van der Waals surface area contributed by atoms with Gasteiger partial charge in [-0.2, -0.15) is 0 Å². The average Bonchev–Trinajstić information content (AvgIpc) is 3.36. The molecule has 224 valence electrons. The van der Waals surface area contributed by atoms with Crippen molar-refractivity contribution in [2.24, 2.45) is 23.0 Å². The summed E-state index contributed by atoms with van der Waals surface area (Å²) in [4.78, 5) is 12.9. The van der Waals surface area contributed by atoms with Crippen molar-refractivity contribution in [3.8, 4) is 16.9 Å². The molecule has 1 aromatic heterocycles. The number of carbonyl (C=O) groups excluding carboxylic acids is 1. The summed E-state index contributed by atoms with van der Waals surface area (Å²) in [5.74, 6) is 0.639. The molecule has 0 radical (unpaired) electrons. The topological polar surface area (TPSA) is 74.7 Å². The Bertz CT molecular complexity index is 1500. The second-order valence-electron chi connectivity index (χ2n) is 11.8. The summed E-state index contributed by atoms with van der Waals surface area (Å²) in [6, 6.07) is 18.9. The third kappa shape index (κ3) is 6.70. The molecule has 0 bridgehead atoms. The third-order valence-corrected chi connectivity index (χ3v) is 9.05. The number of nitrogens with two attached hydrogens (primary N) is 1. The minimum absolute atomic E-state index is 0.112. The lowest BCUT2D eigenvalue weighted by Gasteiger charge is -2.41. The molecule has 1 heterocycles. The molecule has 2 atom stereocenters. The fourth-order valence-electron chi connectivity index (χ4n) is 6.33. The van der Waals surface area contributed by atoms with Crippen LogP contribution in [0.4, 0.5) is 4.39 Å². The molecule has 6 heteroatoms. The van der Waals surface area contributed by atoms with Crippen LogP contribution in [0.15, 0.2) is 71.3 Å². The van der Waals surface area contributed by atoms with Gasteiger partial charge in [0.2, 0.25) is 0 Å². The number of esters is 1. The van der Waals surface area contributed by atoms with Crippen LogP contribution in [0.5, 0.6) is 5.75 Å². The molecule has 2 N–H and O–H groups in total. The van der Waals surface area contributed by atoms with E-state index in [0.717, 1.165) is 46.9 Å². The predicted octanol–water partition coefficient (Wildman–Crippen LogP) is 9.02. The van der Waals surface area contributed by atoms with E-state index in [9.17, 15) is 9.18 Å². The number of furan rings is 1. The Morgan fingerprint density at radius 2 is 1.74 bits per heavy atom. The number of fused-ring (bicyclic) bond motifs is 1. The van der Waals surface area contributed by atoms with E-state index in [-0.39, 0.29) is 36.4 Å². The molecule has 0 aliphatic heterocycles. The van der Waals surface area contributed by atoms with Crippen LogP contribution in [-0.4, -0.2) is 12.6 Å². The van der Waals surface area contributed by atoms with Crippen LogP contribution in [0.2, 0.25) is 0 Å². The van der Waals surface area contributed by atoms with Crippen molar-refractivity contribution >= 4 is 16.9 Å². The Labute approximate surface area is 249 Å². The van der Waals surface area contributed by atoms with Crippen LogP contribution < -0.4 is 10.5 Å². The molecule has 0 aliphatic rings. The minimum Gasteiger partial charge on any atom is -0.489 e. The first-order valence-electron chi connectivity index (χ1n) is 15.0. The van der Waals surface area contributed by atoms with Crippen molar-refractivity contribution in [1.82, 2.24) is 0 Å². The van der Waals surface area contributed by atoms with E-state index in [2.05, 4.69) is 34.6 Å². The maximum Gasteiger partial charge on any atom is 0.310 e. The van der Waals surface area contributed by atoms with E-state index in [0.29, 0.717) is 29.2 Å². The maximum atomic E-state index is 14.7. The lowest BCUT2D eigenvalue weighted by atomic mass is 9.65. The van der Waals surface area contributed by atoms with Gasteiger partial charge < -0.3 is 19.6 Å².